The van der Waals surface area contributed by atoms with Crippen molar-refractivity contribution in [2.24, 2.45) is 14.1 Å². The largest absolute Gasteiger partial charge is 0.494 e. The van der Waals surface area contributed by atoms with Crippen LogP contribution in [0.15, 0.2) is 85.7 Å². The average Bonchev–Trinajstić information content (AvgIpc) is 4.24. The van der Waals surface area contributed by atoms with Gasteiger partial charge in [0.1, 0.15) is 69.5 Å². The van der Waals surface area contributed by atoms with E-state index >= 15 is 0 Å². The van der Waals surface area contributed by atoms with Crippen molar-refractivity contribution in [2.75, 3.05) is 42.7 Å². The van der Waals surface area contributed by atoms with Gasteiger partial charge in [-0.3, -0.25) is 28.5 Å². The van der Waals surface area contributed by atoms with Crippen LogP contribution < -0.4 is 28.4 Å². The number of para-hydroxylation sites is 2. The fourth-order valence-corrected chi connectivity index (χ4v) is 10.1. The quantitative estimate of drug-likeness (QED) is 0.111. The van der Waals surface area contributed by atoms with E-state index in [1.165, 1.54) is 81.3 Å². The number of ether oxygens (including phenoxy) is 6. The van der Waals surface area contributed by atoms with Crippen molar-refractivity contribution in [3.63, 3.8) is 0 Å². The zero-order valence-electron chi connectivity index (χ0n) is 41.9. The summed E-state index contributed by atoms with van der Waals surface area (Å²) in [5.41, 5.74) is 1.95. The molecule has 28 heteroatoms. The monoisotopic (exact) mass is 1060 g/mol. The molecule has 0 saturated heterocycles. The first-order valence-corrected chi connectivity index (χ1v) is 25.7. The number of aryl methyl sites for hydroxylation is 2. The normalized spacial score (nSPS) is 13.2. The highest BCUT2D eigenvalue weighted by Gasteiger charge is 2.36. The van der Waals surface area contributed by atoms with E-state index in [9.17, 15) is 27.0 Å². The molecule has 0 spiro atoms. The Bertz CT molecular complexity index is 3150. The smallest absolute Gasteiger partial charge is 0.231 e. The van der Waals surface area contributed by atoms with Gasteiger partial charge in [-0.1, -0.05) is 12.1 Å². The Kier molecular flexibility index (Phi) is 16.5. The van der Waals surface area contributed by atoms with Gasteiger partial charge >= 0.3 is 0 Å². The molecule has 2 N–H and O–H groups in total. The minimum atomic E-state index is -3.99. The van der Waals surface area contributed by atoms with Crippen LogP contribution in [0.3, 0.4) is 0 Å². The van der Waals surface area contributed by atoms with Crippen molar-refractivity contribution in [1.82, 2.24) is 69.0 Å². The zero-order valence-corrected chi connectivity index (χ0v) is 43.5. The lowest BCUT2D eigenvalue weighted by Crippen LogP contribution is -2.28. The van der Waals surface area contributed by atoms with Gasteiger partial charge in [0, 0.05) is 26.5 Å². The molecule has 0 saturated carbocycles. The summed E-state index contributed by atoms with van der Waals surface area (Å²) in [5.74, 6) is 1.81. The highest BCUT2D eigenvalue weighted by Crippen LogP contribution is 2.39. The fourth-order valence-electron chi connectivity index (χ4n) is 7.46. The Hall–Kier alpha value is -8.08. The molecule has 0 unspecified atom stereocenters. The molecule has 0 bridgehead atoms. The van der Waals surface area contributed by atoms with Crippen LogP contribution in [0.2, 0.25) is 0 Å². The van der Waals surface area contributed by atoms with E-state index in [1.807, 2.05) is 0 Å². The van der Waals surface area contributed by atoms with Gasteiger partial charge in [0.05, 0.1) is 89.3 Å². The molecule has 0 aliphatic carbocycles. The van der Waals surface area contributed by atoms with Gasteiger partial charge in [-0.2, -0.15) is 10.2 Å². The van der Waals surface area contributed by atoms with E-state index < -0.39 is 53.9 Å². The van der Waals surface area contributed by atoms with E-state index in [1.54, 1.807) is 93.5 Å². The Morgan fingerprint density at radius 2 is 0.851 bits per heavy atom. The van der Waals surface area contributed by atoms with Crippen LogP contribution in [0.25, 0.3) is 34.4 Å². The van der Waals surface area contributed by atoms with E-state index in [2.05, 4.69) is 50.5 Å². The summed E-state index contributed by atoms with van der Waals surface area (Å²) in [6, 6.07) is 13.8. The standard InChI is InChI=1S/2C23H27N7O6S/c2*1-14(22(31)16-11-25-20(36-5)12-24-16)37(32,33)13-19-26-27-23(15-9-10-29(2)28-15)30(19)21-17(34-3)7-6-8-18(21)35-4/h2*6-12,14,22,31H,13H2,1-5H3/t2*14-,22-/m10/s1. The van der Waals surface area contributed by atoms with Crippen molar-refractivity contribution in [2.45, 2.75) is 48.1 Å². The molecule has 8 rings (SSSR count). The highest BCUT2D eigenvalue weighted by molar-refractivity contribution is 7.91. The maximum atomic E-state index is 13.5. The molecule has 0 aliphatic rings. The van der Waals surface area contributed by atoms with Crippen molar-refractivity contribution >= 4 is 19.7 Å². The SMILES string of the molecule is COc1cnc([C@@H](O)[C@H](C)S(=O)(=O)Cc2nnc(-c3ccn(C)n3)n2-c2c(OC)cccc2OC)cn1.COc1cnc([C@H](O)[C@@H](C)S(=O)(=O)Cc2nnc(-c3ccn(C)n3)n2-c2c(OC)cccc2OC)cn1. The van der Waals surface area contributed by atoms with Crippen molar-refractivity contribution in [3.05, 3.63) is 109 Å². The van der Waals surface area contributed by atoms with Gasteiger partial charge in [0.25, 0.3) is 0 Å². The van der Waals surface area contributed by atoms with Crippen molar-refractivity contribution in [1.29, 1.82) is 0 Å². The van der Waals surface area contributed by atoms with E-state index in [0.717, 1.165) is 0 Å². The number of sulfone groups is 2. The van der Waals surface area contributed by atoms with Crippen LogP contribution in [0, 0.1) is 0 Å². The van der Waals surface area contributed by atoms with Crippen molar-refractivity contribution in [3.8, 4) is 69.2 Å². The number of aliphatic hydroxyl groups is 2. The van der Waals surface area contributed by atoms with Crippen LogP contribution in [0.4, 0.5) is 0 Å². The molecule has 0 amide bonds. The molecule has 0 radical (unpaired) electrons. The van der Waals surface area contributed by atoms with E-state index in [-0.39, 0.29) is 34.8 Å². The Morgan fingerprint density at radius 1 is 0.500 bits per heavy atom. The minimum absolute atomic E-state index is 0.0864. The average molecular weight is 1060 g/mol. The van der Waals surface area contributed by atoms with Gasteiger partial charge in [-0.15, -0.1) is 20.4 Å². The highest BCUT2D eigenvalue weighted by atomic mass is 32.2. The molecule has 0 aliphatic heterocycles. The van der Waals surface area contributed by atoms with Gasteiger partial charge in [-0.25, -0.2) is 26.8 Å². The number of aliphatic hydroxyl groups excluding tert-OH is 2. The minimum Gasteiger partial charge on any atom is -0.494 e. The third-order valence-electron chi connectivity index (χ3n) is 11.6. The van der Waals surface area contributed by atoms with Gasteiger partial charge in [0.2, 0.25) is 11.8 Å². The molecular formula is C46H54N14O12S2. The van der Waals surface area contributed by atoms with Crippen molar-refractivity contribution < 1.29 is 55.5 Å². The first kappa shape index (κ1) is 53.7. The number of aromatic nitrogens is 14. The molecule has 6 heterocycles. The molecular weight excluding hydrogens is 1000 g/mol. The number of benzene rings is 2. The number of nitrogens with zero attached hydrogens (tertiary/aromatic N) is 14. The van der Waals surface area contributed by atoms with Crippen LogP contribution in [-0.2, 0) is 45.3 Å². The fraction of sp³-hybridized carbons (Fsp3) is 0.348. The van der Waals surface area contributed by atoms with Crippen LogP contribution in [-0.4, -0.2) is 149 Å². The summed E-state index contributed by atoms with van der Waals surface area (Å²) in [6.45, 7) is 2.80. The molecule has 4 atom stereocenters. The predicted molar refractivity (Wildman–Crippen MR) is 265 cm³/mol. The van der Waals surface area contributed by atoms with E-state index in [0.29, 0.717) is 57.4 Å². The molecule has 8 aromatic rings. The molecule has 74 heavy (non-hydrogen) atoms. The summed E-state index contributed by atoms with van der Waals surface area (Å²) in [5, 5.41) is 44.8. The van der Waals surface area contributed by atoms with Gasteiger partial charge in [0.15, 0.2) is 43.0 Å². The van der Waals surface area contributed by atoms with Gasteiger partial charge < -0.3 is 38.6 Å². The summed E-state index contributed by atoms with van der Waals surface area (Å²) in [4.78, 5) is 16.1. The van der Waals surface area contributed by atoms with Crippen LogP contribution in [0.1, 0.15) is 49.1 Å². The lowest BCUT2D eigenvalue weighted by molar-refractivity contribution is 0.170. The maximum Gasteiger partial charge on any atom is 0.231 e. The topological polar surface area (TPSA) is 313 Å². The Labute approximate surface area is 425 Å². The predicted octanol–water partition coefficient (Wildman–Crippen LogP) is 3.04. The molecule has 0 fully saturated rings. The Morgan fingerprint density at radius 3 is 1.12 bits per heavy atom. The second-order valence-corrected chi connectivity index (χ2v) is 20.9. The second kappa shape index (κ2) is 22.8. The summed E-state index contributed by atoms with van der Waals surface area (Å²) < 4.78 is 92.4. The molecule has 26 nitrogen and oxygen atoms in total. The second-order valence-electron chi connectivity index (χ2n) is 16.2. The van der Waals surface area contributed by atoms with E-state index in [4.69, 9.17) is 28.4 Å². The first-order valence-electron chi connectivity index (χ1n) is 22.2. The number of methoxy groups -OCH3 is 6. The van der Waals surface area contributed by atoms with Gasteiger partial charge in [-0.05, 0) is 50.2 Å². The molecule has 2 aromatic carbocycles. The molecule has 6 aromatic heterocycles. The van der Waals surface area contributed by atoms with Crippen LogP contribution >= 0.6 is 0 Å². The third kappa shape index (κ3) is 11.3. The zero-order chi connectivity index (χ0) is 53.5. The first-order chi connectivity index (χ1) is 35.4. The maximum absolute atomic E-state index is 13.5. The summed E-state index contributed by atoms with van der Waals surface area (Å²) >= 11 is 0. The lowest BCUT2D eigenvalue weighted by atomic mass is 10.2. The third-order valence-corrected chi connectivity index (χ3v) is 15.7. The number of hydrogen-bond acceptors (Lipinski definition) is 22. The number of hydrogen-bond donors (Lipinski definition) is 2. The number of rotatable bonds is 20. The van der Waals surface area contributed by atoms with Crippen LogP contribution in [0.5, 0.6) is 34.8 Å². The summed E-state index contributed by atoms with van der Waals surface area (Å²) in [7, 11) is 4.37. The molecule has 392 valence electrons. The summed E-state index contributed by atoms with van der Waals surface area (Å²) in [6.07, 6.45) is 5.76. The Balaban J connectivity index is 0.000000216. The lowest BCUT2D eigenvalue weighted by Gasteiger charge is -2.20.